The van der Waals surface area contributed by atoms with E-state index in [0.29, 0.717) is 11.8 Å². The van der Waals surface area contributed by atoms with Gasteiger partial charge in [0.1, 0.15) is 11.6 Å². The molecule has 0 amide bonds. The number of benzene rings is 2. The van der Waals surface area contributed by atoms with Crippen molar-refractivity contribution in [1.29, 1.82) is 5.26 Å². The molecule has 1 heterocycles. The van der Waals surface area contributed by atoms with Crippen LogP contribution in [0.4, 0.5) is 4.39 Å². The van der Waals surface area contributed by atoms with Crippen molar-refractivity contribution in [3.05, 3.63) is 66.0 Å². The average molecular weight is 407 g/mol. The van der Waals surface area contributed by atoms with E-state index in [2.05, 4.69) is 11.0 Å². The minimum Gasteiger partial charge on any atom is -0.426 e. The number of hydrogen-bond acceptors (Lipinski definition) is 4. The Morgan fingerprint density at radius 2 is 1.63 bits per heavy atom. The first-order valence-electron chi connectivity index (χ1n) is 10.8. The molecule has 1 aliphatic heterocycles. The normalized spacial score (nSPS) is 25.4. The lowest BCUT2D eigenvalue weighted by Crippen LogP contribution is -2.46. The number of nitrogens with zero attached hydrogens (tertiary/aromatic N) is 2. The highest BCUT2D eigenvalue weighted by molar-refractivity contribution is 5.75. The van der Waals surface area contributed by atoms with E-state index in [1.165, 1.54) is 12.1 Å². The molecule has 5 heteroatoms. The number of ether oxygens (including phenoxy) is 1. The molecule has 2 fully saturated rings. The molecule has 0 atom stereocenters. The van der Waals surface area contributed by atoms with E-state index in [9.17, 15) is 14.4 Å². The van der Waals surface area contributed by atoms with Gasteiger partial charge in [0.05, 0.1) is 17.4 Å². The standard InChI is InChI=1S/C25H27FN2O2/c26-21-8-6-20(7-9-21)25(18-27)14-10-22(11-15-25)28-16-12-19(13-17-28)24(29)30-23-4-2-1-3-5-23/h1-9,19,22H,10-17H2. The minimum absolute atomic E-state index is 0.0533. The Hall–Kier alpha value is -2.71. The van der Waals surface area contributed by atoms with Gasteiger partial charge in [-0.25, -0.2) is 4.39 Å². The van der Waals surface area contributed by atoms with Crippen LogP contribution in [-0.4, -0.2) is 30.0 Å². The van der Waals surface area contributed by atoms with E-state index in [-0.39, 0.29) is 17.7 Å². The number of esters is 1. The summed E-state index contributed by atoms with van der Waals surface area (Å²) in [7, 11) is 0. The summed E-state index contributed by atoms with van der Waals surface area (Å²) in [6.07, 6.45) is 5.09. The van der Waals surface area contributed by atoms with Crippen molar-refractivity contribution >= 4 is 5.97 Å². The summed E-state index contributed by atoms with van der Waals surface area (Å²) in [5, 5.41) is 9.87. The molecule has 0 aromatic heterocycles. The highest BCUT2D eigenvalue weighted by Gasteiger charge is 2.39. The predicted octanol–water partition coefficient (Wildman–Crippen LogP) is 4.85. The lowest BCUT2D eigenvalue weighted by Gasteiger charge is -2.42. The molecule has 0 unspecified atom stereocenters. The van der Waals surface area contributed by atoms with E-state index in [1.807, 2.05) is 18.2 Å². The van der Waals surface area contributed by atoms with Crippen molar-refractivity contribution in [1.82, 2.24) is 4.90 Å². The number of likely N-dealkylation sites (tertiary alicyclic amines) is 1. The smallest absolute Gasteiger partial charge is 0.314 e. The summed E-state index contributed by atoms with van der Waals surface area (Å²) in [6.45, 7) is 1.77. The maximum Gasteiger partial charge on any atom is 0.314 e. The van der Waals surface area contributed by atoms with Gasteiger partial charge in [-0.15, -0.1) is 0 Å². The van der Waals surface area contributed by atoms with Crippen molar-refractivity contribution < 1.29 is 13.9 Å². The number of piperidine rings is 1. The molecule has 1 aliphatic carbocycles. The summed E-state index contributed by atoms with van der Waals surface area (Å²) in [4.78, 5) is 14.9. The minimum atomic E-state index is -0.512. The third-order valence-corrected chi connectivity index (χ3v) is 6.76. The fourth-order valence-corrected chi connectivity index (χ4v) is 4.88. The number of hydrogen-bond donors (Lipinski definition) is 0. The Morgan fingerprint density at radius 1 is 1.00 bits per heavy atom. The van der Waals surface area contributed by atoms with Gasteiger partial charge in [-0.2, -0.15) is 5.26 Å². The average Bonchev–Trinajstić information content (AvgIpc) is 2.80. The van der Waals surface area contributed by atoms with Crippen LogP contribution in [-0.2, 0) is 10.2 Å². The summed E-state index contributed by atoms with van der Waals surface area (Å²) in [5.41, 5.74) is 0.411. The molecular formula is C25H27FN2O2. The molecule has 2 aliphatic rings. The summed E-state index contributed by atoms with van der Waals surface area (Å²) < 4.78 is 18.8. The third-order valence-electron chi connectivity index (χ3n) is 6.76. The van der Waals surface area contributed by atoms with Gasteiger partial charge in [0.2, 0.25) is 0 Å². The van der Waals surface area contributed by atoms with Crippen molar-refractivity contribution in [3.8, 4) is 11.8 Å². The van der Waals surface area contributed by atoms with Gasteiger partial charge in [0.25, 0.3) is 0 Å². The van der Waals surface area contributed by atoms with Crippen molar-refractivity contribution in [3.63, 3.8) is 0 Å². The number of halogens is 1. The third kappa shape index (κ3) is 4.39. The van der Waals surface area contributed by atoms with Crippen LogP contribution in [0.2, 0.25) is 0 Å². The monoisotopic (exact) mass is 406 g/mol. The van der Waals surface area contributed by atoms with Gasteiger partial charge in [-0.05, 0) is 81.4 Å². The molecule has 2 aromatic carbocycles. The predicted molar refractivity (Wildman–Crippen MR) is 112 cm³/mol. The molecular weight excluding hydrogens is 379 g/mol. The molecule has 30 heavy (non-hydrogen) atoms. The van der Waals surface area contributed by atoms with Gasteiger partial charge < -0.3 is 9.64 Å². The highest BCUT2D eigenvalue weighted by atomic mass is 19.1. The fraction of sp³-hybridized carbons (Fsp3) is 0.440. The highest BCUT2D eigenvalue weighted by Crippen LogP contribution is 2.41. The molecule has 0 bridgehead atoms. The van der Waals surface area contributed by atoms with Crippen LogP contribution in [0.3, 0.4) is 0 Å². The maximum atomic E-state index is 13.3. The second kappa shape index (κ2) is 8.97. The number of carbonyl (C=O) groups excluding carboxylic acids is 1. The molecule has 0 radical (unpaired) electrons. The quantitative estimate of drug-likeness (QED) is 0.538. The Bertz CT molecular complexity index is 891. The van der Waals surface area contributed by atoms with Gasteiger partial charge in [-0.1, -0.05) is 30.3 Å². The Balaban J connectivity index is 1.29. The molecule has 0 N–H and O–H groups in total. The molecule has 2 aromatic rings. The zero-order valence-electron chi connectivity index (χ0n) is 17.1. The van der Waals surface area contributed by atoms with E-state index in [1.54, 1.807) is 24.3 Å². The first-order chi connectivity index (χ1) is 14.6. The van der Waals surface area contributed by atoms with Gasteiger partial charge in [0.15, 0.2) is 0 Å². The number of carbonyl (C=O) groups is 1. The molecule has 4 nitrogen and oxygen atoms in total. The zero-order valence-corrected chi connectivity index (χ0v) is 17.1. The SMILES string of the molecule is N#CC1(c2ccc(F)cc2)CCC(N2CCC(C(=O)Oc3ccccc3)CC2)CC1. The Morgan fingerprint density at radius 3 is 2.23 bits per heavy atom. The number of nitriles is 1. The molecule has 156 valence electrons. The number of rotatable bonds is 4. The fourth-order valence-electron chi connectivity index (χ4n) is 4.88. The molecule has 0 spiro atoms. The lowest BCUT2D eigenvalue weighted by molar-refractivity contribution is -0.140. The summed E-state index contributed by atoms with van der Waals surface area (Å²) >= 11 is 0. The zero-order chi connectivity index (χ0) is 21.0. The maximum absolute atomic E-state index is 13.3. The molecule has 1 saturated carbocycles. The van der Waals surface area contributed by atoms with E-state index in [0.717, 1.165) is 57.2 Å². The van der Waals surface area contributed by atoms with Crippen LogP contribution >= 0.6 is 0 Å². The van der Waals surface area contributed by atoms with Crippen LogP contribution < -0.4 is 4.74 Å². The van der Waals surface area contributed by atoms with Gasteiger partial charge >= 0.3 is 5.97 Å². The van der Waals surface area contributed by atoms with Crippen LogP contribution in [0.5, 0.6) is 5.75 Å². The van der Waals surface area contributed by atoms with Crippen LogP contribution in [0.25, 0.3) is 0 Å². The first-order valence-corrected chi connectivity index (χ1v) is 10.8. The number of para-hydroxylation sites is 1. The summed E-state index contributed by atoms with van der Waals surface area (Å²) in [5.74, 6) is 0.145. The lowest BCUT2D eigenvalue weighted by atomic mass is 9.69. The van der Waals surface area contributed by atoms with Crippen molar-refractivity contribution in [2.24, 2.45) is 5.92 Å². The van der Waals surface area contributed by atoms with Gasteiger partial charge in [0, 0.05) is 6.04 Å². The van der Waals surface area contributed by atoms with Crippen LogP contribution in [0.15, 0.2) is 54.6 Å². The van der Waals surface area contributed by atoms with Crippen LogP contribution in [0, 0.1) is 23.1 Å². The van der Waals surface area contributed by atoms with Gasteiger partial charge in [-0.3, -0.25) is 4.79 Å². The molecule has 4 rings (SSSR count). The van der Waals surface area contributed by atoms with E-state index < -0.39 is 5.41 Å². The largest absolute Gasteiger partial charge is 0.426 e. The van der Waals surface area contributed by atoms with E-state index in [4.69, 9.17) is 4.74 Å². The van der Waals surface area contributed by atoms with Crippen molar-refractivity contribution in [2.45, 2.75) is 50.0 Å². The molecule has 1 saturated heterocycles. The van der Waals surface area contributed by atoms with Crippen molar-refractivity contribution in [2.75, 3.05) is 13.1 Å². The first kappa shape index (κ1) is 20.6. The Labute approximate surface area is 177 Å². The second-order valence-corrected chi connectivity index (χ2v) is 8.48. The second-order valence-electron chi connectivity index (χ2n) is 8.48. The Kier molecular flexibility index (Phi) is 6.15. The topological polar surface area (TPSA) is 53.3 Å². The summed E-state index contributed by atoms with van der Waals surface area (Å²) in [6, 6.07) is 18.6. The van der Waals surface area contributed by atoms with E-state index >= 15 is 0 Å². The van der Waals surface area contributed by atoms with Crippen LogP contribution in [0.1, 0.15) is 44.1 Å².